The second-order valence-corrected chi connectivity index (χ2v) is 10.2. The molecule has 0 atom stereocenters. The van der Waals surface area contributed by atoms with E-state index in [0.717, 1.165) is 50.0 Å². The highest BCUT2D eigenvalue weighted by molar-refractivity contribution is 6.16. The van der Waals surface area contributed by atoms with E-state index >= 15 is 0 Å². The molecule has 202 valence electrons. The Hall–Kier alpha value is -6.17. The van der Waals surface area contributed by atoms with Gasteiger partial charge in [0.2, 0.25) is 0 Å². The number of anilines is 3. The van der Waals surface area contributed by atoms with E-state index in [4.69, 9.17) is 0 Å². The van der Waals surface area contributed by atoms with Gasteiger partial charge >= 0.3 is 0 Å². The highest BCUT2D eigenvalue weighted by Gasteiger charge is 2.22. The number of hydrogen-bond donors (Lipinski definition) is 0. The van der Waals surface area contributed by atoms with Crippen LogP contribution >= 0.6 is 0 Å². The van der Waals surface area contributed by atoms with Gasteiger partial charge in [-0.3, -0.25) is 0 Å². The number of hydrogen-bond acceptors (Lipinski definition) is 3. The third-order valence-corrected chi connectivity index (χ3v) is 7.72. The molecule has 7 rings (SSSR count). The Morgan fingerprint density at radius 1 is 0.558 bits per heavy atom. The van der Waals surface area contributed by atoms with Gasteiger partial charge in [-0.1, -0.05) is 84.9 Å². The molecule has 5 heteroatoms. The van der Waals surface area contributed by atoms with E-state index in [1.54, 1.807) is 0 Å². The summed E-state index contributed by atoms with van der Waals surface area (Å²) in [6, 6.07) is 49.8. The molecular weight excluding hydrogens is 531 g/mol. The Labute approximate surface area is 248 Å². The van der Waals surface area contributed by atoms with Crippen LogP contribution in [0.4, 0.5) is 21.5 Å². The zero-order valence-corrected chi connectivity index (χ0v) is 22.9. The van der Waals surface area contributed by atoms with Crippen molar-refractivity contribution in [3.63, 3.8) is 0 Å². The molecule has 1 aromatic heterocycles. The lowest BCUT2D eigenvalue weighted by Gasteiger charge is -2.27. The van der Waals surface area contributed by atoms with Crippen molar-refractivity contribution >= 4 is 38.9 Å². The second kappa shape index (κ2) is 10.7. The van der Waals surface area contributed by atoms with Gasteiger partial charge in [0.15, 0.2) is 5.82 Å². The molecule has 0 spiro atoms. The molecule has 0 aliphatic carbocycles. The summed E-state index contributed by atoms with van der Waals surface area (Å²) in [7, 11) is 0. The van der Waals surface area contributed by atoms with E-state index in [-0.39, 0.29) is 11.1 Å². The summed E-state index contributed by atoms with van der Waals surface area (Å²) in [5.41, 5.74) is 7.19. The molecule has 0 unspecified atom stereocenters. The van der Waals surface area contributed by atoms with Crippen LogP contribution in [0.2, 0.25) is 0 Å². The normalized spacial score (nSPS) is 10.9. The molecule has 43 heavy (non-hydrogen) atoms. The molecule has 0 bridgehead atoms. The fourth-order valence-corrected chi connectivity index (χ4v) is 5.80. The van der Waals surface area contributed by atoms with Crippen LogP contribution in [0.1, 0.15) is 11.1 Å². The number of aromatic nitrogens is 1. The summed E-state index contributed by atoms with van der Waals surface area (Å²) in [4.78, 5) is 1.98. The van der Waals surface area contributed by atoms with Gasteiger partial charge in [0, 0.05) is 27.8 Å². The third kappa shape index (κ3) is 4.37. The van der Waals surface area contributed by atoms with E-state index < -0.39 is 5.82 Å². The molecule has 0 fully saturated rings. The van der Waals surface area contributed by atoms with Gasteiger partial charge in [0.05, 0.1) is 27.8 Å². The smallest absolute Gasteiger partial charge is 0.158 e. The number of para-hydroxylation sites is 2. The van der Waals surface area contributed by atoms with E-state index in [1.807, 2.05) is 89.8 Å². The minimum atomic E-state index is -0.810. The van der Waals surface area contributed by atoms with Crippen molar-refractivity contribution in [3.8, 4) is 29.0 Å². The van der Waals surface area contributed by atoms with Crippen LogP contribution in [0, 0.1) is 28.5 Å². The maximum Gasteiger partial charge on any atom is 0.158 e. The first kappa shape index (κ1) is 25.8. The van der Waals surface area contributed by atoms with Gasteiger partial charge in [0.1, 0.15) is 12.1 Å². The molecule has 0 saturated heterocycles. The number of nitrogens with zero attached hydrogens (tertiary/aromatic N) is 4. The van der Waals surface area contributed by atoms with Gasteiger partial charge in [-0.05, 0) is 65.7 Å². The van der Waals surface area contributed by atoms with Crippen LogP contribution in [0.5, 0.6) is 0 Å². The van der Waals surface area contributed by atoms with Crippen molar-refractivity contribution in [2.75, 3.05) is 4.90 Å². The Bertz CT molecular complexity index is 2170. The third-order valence-electron chi connectivity index (χ3n) is 7.72. The molecule has 7 aromatic rings. The average molecular weight is 555 g/mol. The quantitative estimate of drug-likeness (QED) is 0.213. The number of fused-ring (bicyclic) bond motifs is 3. The Balaban J connectivity index is 1.50. The van der Waals surface area contributed by atoms with Crippen LogP contribution in [-0.2, 0) is 0 Å². The number of nitriles is 2. The van der Waals surface area contributed by atoms with Crippen molar-refractivity contribution < 1.29 is 4.39 Å². The van der Waals surface area contributed by atoms with Crippen molar-refractivity contribution in [2.24, 2.45) is 0 Å². The maximum absolute atomic E-state index is 14.8. The predicted molar refractivity (Wildman–Crippen MR) is 170 cm³/mol. The lowest BCUT2D eigenvalue weighted by atomic mass is 10.0. The molecule has 0 saturated carbocycles. The lowest BCUT2D eigenvalue weighted by molar-refractivity contribution is 0.620. The van der Waals surface area contributed by atoms with Crippen LogP contribution in [0.3, 0.4) is 0 Å². The zero-order valence-electron chi connectivity index (χ0n) is 22.9. The summed E-state index contributed by atoms with van der Waals surface area (Å²) in [6.45, 7) is 0. The Kier molecular flexibility index (Phi) is 6.39. The number of rotatable bonds is 5. The van der Waals surface area contributed by atoms with Gasteiger partial charge in [-0.15, -0.1) is 0 Å². The maximum atomic E-state index is 14.8. The second-order valence-electron chi connectivity index (χ2n) is 10.2. The molecule has 1 heterocycles. The molecule has 0 amide bonds. The number of benzene rings is 6. The summed E-state index contributed by atoms with van der Waals surface area (Å²) in [5, 5.41) is 21.4. The van der Waals surface area contributed by atoms with E-state index in [2.05, 4.69) is 59.2 Å². The van der Waals surface area contributed by atoms with Gasteiger partial charge in [-0.2, -0.15) is 10.5 Å². The molecule has 0 N–H and O–H groups in total. The average Bonchev–Trinajstić information content (AvgIpc) is 3.41. The highest BCUT2D eigenvalue weighted by atomic mass is 19.1. The fraction of sp³-hybridized carbons (Fsp3) is 0. The Morgan fingerprint density at radius 3 is 1.81 bits per heavy atom. The summed E-state index contributed by atoms with van der Waals surface area (Å²) >= 11 is 0. The van der Waals surface area contributed by atoms with Crippen LogP contribution < -0.4 is 4.90 Å². The molecule has 4 nitrogen and oxygen atoms in total. The van der Waals surface area contributed by atoms with Crippen LogP contribution in [-0.4, -0.2) is 4.57 Å². The first-order valence-electron chi connectivity index (χ1n) is 13.8. The predicted octanol–water partition coefficient (Wildman–Crippen LogP) is 9.80. The SMILES string of the molecule is N#Cc1cc(N(c2ccccc2)c2cccc3c2c2ccccc2n3-c2ccc(-c3ccccc3)cc2)cc(C#N)c1F. The molecule has 0 aliphatic heterocycles. The van der Waals surface area contributed by atoms with Crippen molar-refractivity contribution in [1.82, 2.24) is 4.57 Å². The van der Waals surface area contributed by atoms with Crippen LogP contribution in [0.25, 0.3) is 38.6 Å². The van der Waals surface area contributed by atoms with E-state index in [0.29, 0.717) is 5.69 Å². The summed E-state index contributed by atoms with van der Waals surface area (Å²) in [5.74, 6) is -0.810. The molecule has 0 radical (unpaired) electrons. The lowest BCUT2D eigenvalue weighted by Crippen LogP contribution is -2.11. The van der Waals surface area contributed by atoms with Gasteiger partial charge in [0.25, 0.3) is 0 Å². The minimum absolute atomic E-state index is 0.178. The first-order valence-corrected chi connectivity index (χ1v) is 13.8. The minimum Gasteiger partial charge on any atom is -0.310 e. The molecular formula is C38H23FN4. The van der Waals surface area contributed by atoms with Gasteiger partial charge < -0.3 is 9.47 Å². The largest absolute Gasteiger partial charge is 0.310 e. The highest BCUT2D eigenvalue weighted by Crippen LogP contribution is 2.44. The molecule has 6 aromatic carbocycles. The van der Waals surface area contributed by atoms with E-state index in [9.17, 15) is 14.9 Å². The van der Waals surface area contributed by atoms with Crippen molar-refractivity contribution in [1.29, 1.82) is 10.5 Å². The first-order chi connectivity index (χ1) is 21.2. The van der Waals surface area contributed by atoms with Crippen molar-refractivity contribution in [2.45, 2.75) is 0 Å². The number of halogens is 1. The van der Waals surface area contributed by atoms with Crippen molar-refractivity contribution in [3.05, 3.63) is 156 Å². The summed E-state index contributed by atoms with van der Waals surface area (Å²) < 4.78 is 17.1. The van der Waals surface area contributed by atoms with E-state index in [1.165, 1.54) is 12.1 Å². The molecule has 0 aliphatic rings. The standard InChI is InChI=1S/C38H23FN4/c39-38-28(24-40)22-32(23-29(38)25-41)42(30-12-5-2-6-13-30)35-16-9-17-36-37(35)33-14-7-8-15-34(33)43(36)31-20-18-27(19-21-31)26-10-3-1-4-11-26/h1-23H. The zero-order chi connectivity index (χ0) is 29.3. The van der Waals surface area contributed by atoms with Gasteiger partial charge in [-0.25, -0.2) is 4.39 Å². The topological polar surface area (TPSA) is 55.8 Å². The monoisotopic (exact) mass is 554 g/mol. The van der Waals surface area contributed by atoms with Crippen LogP contribution in [0.15, 0.2) is 140 Å². The summed E-state index contributed by atoms with van der Waals surface area (Å²) in [6.07, 6.45) is 0. The Morgan fingerprint density at radius 2 is 1.14 bits per heavy atom. The fourth-order valence-electron chi connectivity index (χ4n) is 5.80.